The summed E-state index contributed by atoms with van der Waals surface area (Å²) in [5.41, 5.74) is 0.243. The van der Waals surface area contributed by atoms with Crippen LogP contribution in [0.15, 0.2) is 30.6 Å². The zero-order valence-electron chi connectivity index (χ0n) is 15.9. The number of aromatic nitrogens is 3. The molecule has 0 aromatic carbocycles. The van der Waals surface area contributed by atoms with Crippen LogP contribution in [0.2, 0.25) is 0 Å². The molecule has 0 bridgehead atoms. The van der Waals surface area contributed by atoms with Crippen molar-refractivity contribution in [1.82, 2.24) is 19.9 Å². The van der Waals surface area contributed by atoms with Crippen LogP contribution < -0.4 is 9.64 Å². The van der Waals surface area contributed by atoms with Crippen LogP contribution in [0, 0.1) is 6.92 Å². The lowest BCUT2D eigenvalue weighted by molar-refractivity contribution is 0.0896. The second-order valence-corrected chi connectivity index (χ2v) is 7.15. The van der Waals surface area contributed by atoms with Crippen molar-refractivity contribution in [1.29, 1.82) is 0 Å². The number of aliphatic hydroxyl groups excluding tert-OH is 1. The van der Waals surface area contributed by atoms with E-state index in [4.69, 9.17) is 9.84 Å². The molecule has 144 valence electrons. The lowest BCUT2D eigenvalue weighted by atomic mass is 9.99. The van der Waals surface area contributed by atoms with Gasteiger partial charge in [-0.2, -0.15) is 0 Å². The highest BCUT2D eigenvalue weighted by atomic mass is 16.6. The maximum atomic E-state index is 12.7. The van der Waals surface area contributed by atoms with Gasteiger partial charge in [-0.05, 0) is 39.0 Å². The molecule has 1 saturated heterocycles. The number of carbonyl (C=O) groups is 1. The van der Waals surface area contributed by atoms with Crippen LogP contribution in [-0.2, 0) is 6.42 Å². The third-order valence-electron chi connectivity index (χ3n) is 4.63. The fraction of sp³-hybridized carbons (Fsp3) is 0.474. The van der Waals surface area contributed by atoms with Crippen molar-refractivity contribution in [2.75, 3.05) is 31.1 Å². The molecule has 3 heterocycles. The molecule has 1 aliphatic rings. The molecule has 27 heavy (non-hydrogen) atoms. The molecule has 8 heteroatoms. The summed E-state index contributed by atoms with van der Waals surface area (Å²) in [6.45, 7) is 7.61. The van der Waals surface area contributed by atoms with Gasteiger partial charge in [0.15, 0.2) is 5.75 Å². The molecule has 1 aliphatic heterocycles. The van der Waals surface area contributed by atoms with Crippen molar-refractivity contribution >= 4 is 11.9 Å². The van der Waals surface area contributed by atoms with Crippen LogP contribution in [-0.4, -0.2) is 62.8 Å². The second kappa shape index (κ2) is 7.87. The molecule has 1 N–H and O–H groups in total. The minimum absolute atomic E-state index is 0.0162. The first kappa shape index (κ1) is 19.0. The largest absolute Gasteiger partial charge is 0.415 e. The summed E-state index contributed by atoms with van der Waals surface area (Å²) in [5, 5.41) is 9.08. The normalized spacial score (nSPS) is 16.3. The molecular weight excluding hydrogens is 346 g/mol. The van der Waals surface area contributed by atoms with Crippen LogP contribution in [0.25, 0.3) is 0 Å². The standard InChI is InChI=1S/C19H25N5O3/c1-14-15(5-4-8-20-14)27-18(26)24-11-10-23(13-19(24,2)3)17-6-9-21-16(22-17)7-12-25/h4-6,8-9,25H,7,10-13H2,1-3H3. The molecule has 2 aromatic rings. The first-order valence-electron chi connectivity index (χ1n) is 8.99. The van der Waals surface area contributed by atoms with E-state index in [0.717, 1.165) is 5.82 Å². The Morgan fingerprint density at radius 3 is 2.78 bits per heavy atom. The fourth-order valence-electron chi connectivity index (χ4n) is 3.20. The molecule has 1 fully saturated rings. The van der Waals surface area contributed by atoms with E-state index < -0.39 is 5.54 Å². The van der Waals surface area contributed by atoms with E-state index >= 15 is 0 Å². The van der Waals surface area contributed by atoms with Crippen molar-refractivity contribution in [3.8, 4) is 5.75 Å². The number of anilines is 1. The summed E-state index contributed by atoms with van der Waals surface area (Å²) in [6, 6.07) is 5.34. The zero-order valence-corrected chi connectivity index (χ0v) is 15.9. The van der Waals surface area contributed by atoms with Gasteiger partial charge in [-0.15, -0.1) is 0 Å². The van der Waals surface area contributed by atoms with Gasteiger partial charge in [-0.1, -0.05) is 0 Å². The smallest absolute Gasteiger partial charge is 0.408 e. The van der Waals surface area contributed by atoms with Gasteiger partial charge in [0.1, 0.15) is 11.6 Å². The summed E-state index contributed by atoms with van der Waals surface area (Å²) >= 11 is 0. The fourth-order valence-corrected chi connectivity index (χ4v) is 3.20. The van der Waals surface area contributed by atoms with Crippen LogP contribution in [0.5, 0.6) is 5.75 Å². The number of piperazine rings is 1. The van der Waals surface area contributed by atoms with Gasteiger partial charge in [0, 0.05) is 38.4 Å². The number of amides is 1. The van der Waals surface area contributed by atoms with Crippen LogP contribution in [0.3, 0.4) is 0 Å². The highest BCUT2D eigenvalue weighted by Crippen LogP contribution is 2.26. The predicted octanol–water partition coefficient (Wildman–Crippen LogP) is 1.81. The number of carbonyl (C=O) groups excluding carboxylic acids is 1. The molecule has 0 unspecified atom stereocenters. The number of aryl methyl sites for hydroxylation is 1. The summed E-state index contributed by atoms with van der Waals surface area (Å²) in [4.78, 5) is 29.4. The van der Waals surface area contributed by atoms with Crippen molar-refractivity contribution in [2.45, 2.75) is 32.7 Å². The topological polar surface area (TPSA) is 91.7 Å². The Labute approximate surface area is 158 Å². The van der Waals surface area contributed by atoms with Gasteiger partial charge in [-0.25, -0.2) is 14.8 Å². The second-order valence-electron chi connectivity index (χ2n) is 7.15. The highest BCUT2D eigenvalue weighted by Gasteiger charge is 2.38. The van der Waals surface area contributed by atoms with Crippen LogP contribution in [0.1, 0.15) is 25.4 Å². The number of ether oxygens (including phenoxy) is 1. The molecule has 0 saturated carbocycles. The van der Waals surface area contributed by atoms with E-state index in [0.29, 0.717) is 43.3 Å². The maximum Gasteiger partial charge on any atom is 0.415 e. The Hall–Kier alpha value is -2.74. The monoisotopic (exact) mass is 371 g/mol. The molecule has 1 amide bonds. The molecule has 0 radical (unpaired) electrons. The Balaban J connectivity index is 1.71. The van der Waals surface area contributed by atoms with Crippen LogP contribution in [0.4, 0.5) is 10.6 Å². The summed E-state index contributed by atoms with van der Waals surface area (Å²) in [5.74, 6) is 1.89. The Morgan fingerprint density at radius 2 is 2.07 bits per heavy atom. The third-order valence-corrected chi connectivity index (χ3v) is 4.63. The quantitative estimate of drug-likeness (QED) is 0.876. The lowest BCUT2D eigenvalue weighted by Crippen LogP contribution is -2.62. The van der Waals surface area contributed by atoms with Crippen molar-refractivity contribution in [2.24, 2.45) is 0 Å². The average Bonchev–Trinajstić information content (AvgIpc) is 2.63. The highest BCUT2D eigenvalue weighted by molar-refractivity contribution is 5.72. The van der Waals surface area contributed by atoms with E-state index in [1.54, 1.807) is 29.4 Å². The molecular formula is C19H25N5O3. The van der Waals surface area contributed by atoms with Crippen molar-refractivity contribution in [3.63, 3.8) is 0 Å². The molecule has 3 rings (SSSR count). The first-order valence-corrected chi connectivity index (χ1v) is 8.99. The number of rotatable bonds is 4. The van der Waals surface area contributed by atoms with E-state index in [1.165, 1.54) is 0 Å². The van der Waals surface area contributed by atoms with E-state index in [1.807, 2.05) is 26.8 Å². The number of hydrogen-bond donors (Lipinski definition) is 1. The Morgan fingerprint density at radius 1 is 1.26 bits per heavy atom. The molecule has 0 spiro atoms. The third kappa shape index (κ3) is 4.33. The minimum Gasteiger partial charge on any atom is -0.408 e. The molecule has 2 aromatic heterocycles. The summed E-state index contributed by atoms with van der Waals surface area (Å²) in [6.07, 6.45) is 3.42. The minimum atomic E-state index is -0.437. The Bertz CT molecular complexity index is 811. The number of aliphatic hydroxyl groups is 1. The van der Waals surface area contributed by atoms with Crippen molar-refractivity contribution < 1.29 is 14.6 Å². The van der Waals surface area contributed by atoms with Gasteiger partial charge in [-0.3, -0.25) is 9.88 Å². The molecule has 0 atom stereocenters. The van der Waals surface area contributed by atoms with Crippen molar-refractivity contribution in [3.05, 3.63) is 42.1 Å². The van der Waals surface area contributed by atoms with E-state index in [2.05, 4.69) is 19.9 Å². The predicted molar refractivity (Wildman–Crippen MR) is 101 cm³/mol. The maximum absolute atomic E-state index is 12.7. The number of pyridine rings is 1. The molecule has 0 aliphatic carbocycles. The number of hydrogen-bond acceptors (Lipinski definition) is 7. The van der Waals surface area contributed by atoms with Gasteiger partial charge in [0.25, 0.3) is 0 Å². The molecule has 8 nitrogen and oxygen atoms in total. The summed E-state index contributed by atoms with van der Waals surface area (Å²) in [7, 11) is 0. The van der Waals surface area contributed by atoms with E-state index in [9.17, 15) is 4.79 Å². The van der Waals surface area contributed by atoms with Gasteiger partial charge >= 0.3 is 6.09 Å². The zero-order chi connectivity index (χ0) is 19.4. The first-order chi connectivity index (χ1) is 12.9. The average molecular weight is 371 g/mol. The van der Waals surface area contributed by atoms with Gasteiger partial charge < -0.3 is 14.7 Å². The lowest BCUT2D eigenvalue weighted by Gasteiger charge is -2.46. The van der Waals surface area contributed by atoms with Gasteiger partial charge in [0.2, 0.25) is 0 Å². The van der Waals surface area contributed by atoms with Crippen LogP contribution >= 0.6 is 0 Å². The number of nitrogens with zero attached hydrogens (tertiary/aromatic N) is 5. The van der Waals surface area contributed by atoms with E-state index in [-0.39, 0.29) is 12.7 Å². The van der Waals surface area contributed by atoms with Gasteiger partial charge in [0.05, 0.1) is 17.8 Å². The SMILES string of the molecule is Cc1ncccc1OC(=O)N1CCN(c2ccnc(CCO)n2)CC1(C)C. The Kier molecular flexibility index (Phi) is 5.55. The summed E-state index contributed by atoms with van der Waals surface area (Å²) < 4.78 is 5.56.